The fourth-order valence-corrected chi connectivity index (χ4v) is 1.51. The van der Waals surface area contributed by atoms with E-state index in [9.17, 15) is 0 Å². The lowest BCUT2D eigenvalue weighted by molar-refractivity contribution is 0.835. The molecule has 1 heterocycles. The van der Waals surface area contributed by atoms with Crippen LogP contribution in [0.1, 0.15) is 25.5 Å². The van der Waals surface area contributed by atoms with Crippen LogP contribution in [0.3, 0.4) is 0 Å². The molecular formula is C9H11BrN. The number of hydrogen-bond donors (Lipinski definition) is 0. The minimum atomic E-state index is 0.422. The second kappa shape index (κ2) is 3.86. The number of rotatable bonds is 2. The number of halogens is 1. The second-order valence-electron chi connectivity index (χ2n) is 2.49. The van der Waals surface area contributed by atoms with E-state index in [1.807, 2.05) is 25.3 Å². The van der Waals surface area contributed by atoms with Crippen molar-refractivity contribution in [2.75, 3.05) is 0 Å². The van der Waals surface area contributed by atoms with Crippen molar-refractivity contribution in [1.82, 2.24) is 4.98 Å². The number of pyridine rings is 1. The molecule has 0 spiro atoms. The smallest absolute Gasteiger partial charge is 0.0576 e. The summed E-state index contributed by atoms with van der Waals surface area (Å²) >= 11 is 3.46. The first-order valence-electron chi connectivity index (χ1n) is 3.65. The summed E-state index contributed by atoms with van der Waals surface area (Å²) in [6.45, 7) is 4.18. The van der Waals surface area contributed by atoms with E-state index in [1.165, 1.54) is 0 Å². The Morgan fingerprint density at radius 1 is 1.64 bits per heavy atom. The van der Waals surface area contributed by atoms with Crippen molar-refractivity contribution in [3.05, 3.63) is 34.9 Å². The molecule has 0 aliphatic carbocycles. The predicted octanol–water partition coefficient (Wildman–Crippen LogP) is 3.17. The van der Waals surface area contributed by atoms with Crippen molar-refractivity contribution in [3.63, 3.8) is 0 Å². The molecule has 0 fully saturated rings. The molecule has 11 heavy (non-hydrogen) atoms. The van der Waals surface area contributed by atoms with Crippen molar-refractivity contribution in [2.24, 2.45) is 0 Å². The highest BCUT2D eigenvalue weighted by Crippen LogP contribution is 2.23. The first-order chi connectivity index (χ1) is 5.25. The summed E-state index contributed by atoms with van der Waals surface area (Å²) in [4.78, 5) is 4.27. The van der Waals surface area contributed by atoms with Crippen LogP contribution < -0.4 is 0 Å². The van der Waals surface area contributed by atoms with Crippen molar-refractivity contribution in [1.29, 1.82) is 0 Å². The molecule has 1 unspecified atom stereocenters. The normalized spacial score (nSPS) is 13.0. The molecule has 0 aliphatic rings. The molecular weight excluding hydrogens is 202 g/mol. The van der Waals surface area contributed by atoms with Gasteiger partial charge in [0.05, 0.1) is 5.69 Å². The molecule has 1 rings (SSSR count). The lowest BCUT2D eigenvalue weighted by Crippen LogP contribution is -1.96. The van der Waals surface area contributed by atoms with E-state index in [0.29, 0.717) is 5.92 Å². The summed E-state index contributed by atoms with van der Waals surface area (Å²) in [6, 6.07) is 3.94. The lowest BCUT2D eigenvalue weighted by Gasteiger charge is -2.08. The van der Waals surface area contributed by atoms with Crippen LogP contribution in [0.4, 0.5) is 0 Å². The van der Waals surface area contributed by atoms with E-state index in [2.05, 4.69) is 34.3 Å². The van der Waals surface area contributed by atoms with E-state index >= 15 is 0 Å². The third-order valence-corrected chi connectivity index (χ3v) is 2.39. The maximum atomic E-state index is 4.27. The van der Waals surface area contributed by atoms with Crippen LogP contribution in [0.15, 0.2) is 22.8 Å². The van der Waals surface area contributed by atoms with Gasteiger partial charge in [0, 0.05) is 16.6 Å². The number of hydrogen-bond acceptors (Lipinski definition) is 1. The molecule has 1 radical (unpaired) electrons. The highest BCUT2D eigenvalue weighted by molar-refractivity contribution is 9.10. The summed E-state index contributed by atoms with van der Waals surface area (Å²) in [5.41, 5.74) is 1.11. The highest BCUT2D eigenvalue weighted by Gasteiger charge is 2.06. The average Bonchev–Trinajstić information content (AvgIpc) is 2.04. The first kappa shape index (κ1) is 8.72. The predicted molar refractivity (Wildman–Crippen MR) is 50.3 cm³/mol. The maximum Gasteiger partial charge on any atom is 0.0576 e. The Labute approximate surface area is 76.0 Å². The Morgan fingerprint density at radius 2 is 2.36 bits per heavy atom. The van der Waals surface area contributed by atoms with Crippen LogP contribution >= 0.6 is 15.9 Å². The molecule has 1 aromatic heterocycles. The minimum absolute atomic E-state index is 0.422. The number of aromatic nitrogens is 1. The average molecular weight is 213 g/mol. The molecule has 0 saturated carbocycles. The van der Waals surface area contributed by atoms with Gasteiger partial charge in [0.25, 0.3) is 0 Å². The Bertz CT molecular complexity index is 235. The highest BCUT2D eigenvalue weighted by atomic mass is 79.9. The zero-order valence-electron chi connectivity index (χ0n) is 6.71. The van der Waals surface area contributed by atoms with Crippen molar-refractivity contribution < 1.29 is 0 Å². The molecule has 1 aromatic rings. The molecule has 0 bridgehead atoms. The molecule has 0 aliphatic heterocycles. The molecule has 59 valence electrons. The van der Waals surface area contributed by atoms with Crippen molar-refractivity contribution in [3.8, 4) is 0 Å². The summed E-state index contributed by atoms with van der Waals surface area (Å²) in [7, 11) is 0. The van der Waals surface area contributed by atoms with Crippen LogP contribution in [-0.4, -0.2) is 4.98 Å². The Kier molecular flexibility index (Phi) is 3.06. The van der Waals surface area contributed by atoms with E-state index in [1.54, 1.807) is 0 Å². The second-order valence-corrected chi connectivity index (χ2v) is 3.35. The molecule has 1 atom stereocenters. The van der Waals surface area contributed by atoms with Crippen LogP contribution in [0, 0.1) is 6.42 Å². The monoisotopic (exact) mass is 212 g/mol. The van der Waals surface area contributed by atoms with Gasteiger partial charge in [-0.2, -0.15) is 0 Å². The Morgan fingerprint density at radius 3 is 2.91 bits per heavy atom. The Balaban J connectivity index is 2.93. The fraction of sp³-hybridized carbons (Fsp3) is 0.333. The molecule has 0 N–H and O–H groups in total. The molecule has 0 saturated heterocycles. The molecule has 0 aromatic carbocycles. The summed E-state index contributed by atoms with van der Waals surface area (Å²) in [6.07, 6.45) is 3.95. The first-order valence-corrected chi connectivity index (χ1v) is 4.45. The Hall–Kier alpha value is -0.370. The van der Waals surface area contributed by atoms with Gasteiger partial charge in [-0.05, 0) is 34.5 Å². The number of nitrogens with zero attached hydrogens (tertiary/aromatic N) is 1. The van der Waals surface area contributed by atoms with Crippen molar-refractivity contribution >= 4 is 15.9 Å². The third kappa shape index (κ3) is 2.03. The zero-order valence-corrected chi connectivity index (χ0v) is 8.30. The van der Waals surface area contributed by atoms with Gasteiger partial charge in [0.2, 0.25) is 0 Å². The quantitative estimate of drug-likeness (QED) is 0.735. The zero-order chi connectivity index (χ0) is 8.27. The summed E-state index contributed by atoms with van der Waals surface area (Å²) in [5, 5.41) is 0. The largest absolute Gasteiger partial charge is 0.260 e. The topological polar surface area (TPSA) is 12.9 Å². The van der Waals surface area contributed by atoms with E-state index in [0.717, 1.165) is 10.2 Å². The van der Waals surface area contributed by atoms with Gasteiger partial charge in [0.1, 0.15) is 0 Å². The van der Waals surface area contributed by atoms with E-state index < -0.39 is 0 Å². The van der Waals surface area contributed by atoms with Gasteiger partial charge in [-0.1, -0.05) is 13.8 Å². The van der Waals surface area contributed by atoms with Gasteiger partial charge >= 0.3 is 0 Å². The fourth-order valence-electron chi connectivity index (χ4n) is 0.891. The van der Waals surface area contributed by atoms with Crippen LogP contribution in [-0.2, 0) is 0 Å². The van der Waals surface area contributed by atoms with E-state index in [4.69, 9.17) is 0 Å². The maximum absolute atomic E-state index is 4.27. The molecule has 0 amide bonds. The van der Waals surface area contributed by atoms with Gasteiger partial charge in [-0.3, -0.25) is 4.98 Å². The van der Waals surface area contributed by atoms with Gasteiger partial charge < -0.3 is 0 Å². The summed E-state index contributed by atoms with van der Waals surface area (Å²) < 4.78 is 1.09. The van der Waals surface area contributed by atoms with Crippen LogP contribution in [0.2, 0.25) is 0 Å². The lowest BCUT2D eigenvalue weighted by atomic mass is 10.1. The van der Waals surface area contributed by atoms with Gasteiger partial charge in [-0.15, -0.1) is 0 Å². The van der Waals surface area contributed by atoms with Crippen molar-refractivity contribution in [2.45, 2.75) is 19.8 Å². The van der Waals surface area contributed by atoms with Gasteiger partial charge in [0.15, 0.2) is 0 Å². The molecule has 1 nitrogen and oxygen atoms in total. The SMILES string of the molecule is C[CH]C(C)c1ncccc1Br. The van der Waals surface area contributed by atoms with Crippen LogP contribution in [0.25, 0.3) is 0 Å². The van der Waals surface area contributed by atoms with Crippen LogP contribution in [0.5, 0.6) is 0 Å². The van der Waals surface area contributed by atoms with Gasteiger partial charge in [-0.25, -0.2) is 0 Å². The molecule has 2 heteroatoms. The minimum Gasteiger partial charge on any atom is -0.260 e. The summed E-state index contributed by atoms with van der Waals surface area (Å²) in [5.74, 6) is 0.422. The third-order valence-electron chi connectivity index (χ3n) is 1.72. The standard InChI is InChI=1S/C9H11BrN/c1-3-7(2)9-8(10)5-4-6-11-9/h3-7H,1-2H3. The van der Waals surface area contributed by atoms with E-state index in [-0.39, 0.29) is 0 Å².